The molecule has 0 aromatic carbocycles. The van der Waals surface area contributed by atoms with Gasteiger partial charge in [0, 0.05) is 12.3 Å². The second kappa shape index (κ2) is 13.8. The molecule has 8 rings (SSSR count). The molecule has 0 radical (unpaired) electrons. The zero-order valence-electron chi connectivity index (χ0n) is 27.3. The van der Waals surface area contributed by atoms with Crippen molar-refractivity contribution in [1.82, 2.24) is 48.6 Å². The van der Waals surface area contributed by atoms with E-state index in [-0.39, 0.29) is 47.2 Å². The second-order valence-electron chi connectivity index (χ2n) is 12.6. The van der Waals surface area contributed by atoms with Crippen molar-refractivity contribution in [2.75, 3.05) is 31.3 Å². The van der Waals surface area contributed by atoms with Crippen LogP contribution in [0.4, 0.5) is 11.6 Å². The Morgan fingerprint density at radius 2 is 1.19 bits per heavy atom. The minimum atomic E-state index is -1.50. The largest absolute Gasteiger partial charge is 0.394 e. The first kappa shape index (κ1) is 35.0. The number of aromatic nitrogens is 10. The minimum absolute atomic E-state index is 0.0932. The summed E-state index contributed by atoms with van der Waals surface area (Å²) in [5, 5.41) is 54.8. The Bertz CT molecular complexity index is 2230. The molecule has 3 saturated heterocycles. The van der Waals surface area contributed by atoms with Crippen molar-refractivity contribution in [3.8, 4) is 0 Å². The zero-order chi connectivity index (χ0) is 37.1. The van der Waals surface area contributed by atoms with Crippen molar-refractivity contribution in [2.45, 2.75) is 73.6 Å². The molecule has 5 aromatic heterocycles. The van der Waals surface area contributed by atoms with Crippen LogP contribution in [0.3, 0.4) is 0 Å². The number of ether oxygens (including phenoxy) is 5. The maximum absolute atomic E-state index is 12.4. The van der Waals surface area contributed by atoms with Gasteiger partial charge in [-0.2, -0.15) is 0 Å². The zero-order valence-corrected chi connectivity index (χ0v) is 27.3. The van der Waals surface area contributed by atoms with Crippen molar-refractivity contribution < 1.29 is 49.2 Å². The number of anilines is 2. The maximum Gasteiger partial charge on any atom is 0.330 e. The number of rotatable bonds is 10. The molecule has 24 nitrogen and oxygen atoms in total. The van der Waals surface area contributed by atoms with E-state index in [0.717, 1.165) is 16.8 Å². The highest BCUT2D eigenvalue weighted by atomic mass is 16.6. The molecule has 0 bridgehead atoms. The van der Waals surface area contributed by atoms with Crippen molar-refractivity contribution in [1.29, 1.82) is 0 Å². The van der Waals surface area contributed by atoms with Gasteiger partial charge in [-0.05, 0) is 0 Å². The van der Waals surface area contributed by atoms with E-state index in [2.05, 4.69) is 34.9 Å². The number of H-pyrrole nitrogens is 1. The van der Waals surface area contributed by atoms with Crippen molar-refractivity contribution in [3.05, 3.63) is 58.4 Å². The van der Waals surface area contributed by atoms with Gasteiger partial charge in [-0.15, -0.1) is 0 Å². The first-order chi connectivity index (χ1) is 25.5. The topological polar surface area (TPSA) is 341 Å². The van der Waals surface area contributed by atoms with E-state index < -0.39 is 91.5 Å². The van der Waals surface area contributed by atoms with Gasteiger partial charge >= 0.3 is 5.69 Å². The Hall–Kier alpha value is -5.02. The van der Waals surface area contributed by atoms with Gasteiger partial charge in [-0.25, -0.2) is 34.7 Å². The monoisotopic (exact) mass is 742 g/mol. The fourth-order valence-electron chi connectivity index (χ4n) is 6.84. The fourth-order valence-corrected chi connectivity index (χ4v) is 6.84. The maximum atomic E-state index is 12.4. The number of hydrogen-bond acceptors (Lipinski definition) is 20. The summed E-state index contributed by atoms with van der Waals surface area (Å²) in [5.74, 6) is 0.206. The van der Waals surface area contributed by atoms with Gasteiger partial charge < -0.3 is 60.7 Å². The number of nitrogens with two attached hydrogens (primary N) is 2. The van der Waals surface area contributed by atoms with E-state index in [4.69, 9.17) is 35.2 Å². The van der Waals surface area contributed by atoms with Crippen LogP contribution in [-0.4, -0.2) is 149 Å². The van der Waals surface area contributed by atoms with Crippen LogP contribution in [0.1, 0.15) is 18.7 Å². The van der Waals surface area contributed by atoms with E-state index >= 15 is 0 Å². The highest BCUT2D eigenvalue weighted by Gasteiger charge is 2.51. The summed E-state index contributed by atoms with van der Waals surface area (Å²) in [7, 11) is 0. The quantitative estimate of drug-likeness (QED) is 0.0666. The molecule has 8 heterocycles. The third kappa shape index (κ3) is 5.99. The van der Waals surface area contributed by atoms with Crippen LogP contribution < -0.4 is 22.7 Å². The van der Waals surface area contributed by atoms with Crippen LogP contribution in [0.25, 0.3) is 22.3 Å². The molecular formula is C29H34N12O12. The van der Waals surface area contributed by atoms with Crippen LogP contribution in [0.5, 0.6) is 0 Å². The third-order valence-electron chi connectivity index (χ3n) is 9.49. The second-order valence-corrected chi connectivity index (χ2v) is 12.6. The first-order valence-corrected chi connectivity index (χ1v) is 16.3. The lowest BCUT2D eigenvalue weighted by atomic mass is 10.1. The molecule has 0 amide bonds. The number of aliphatic hydroxyl groups excluding tert-OH is 5. The molecule has 0 aliphatic carbocycles. The molecule has 3 fully saturated rings. The molecule has 282 valence electrons. The molecule has 24 heteroatoms. The Balaban J connectivity index is 1.03. The summed E-state index contributed by atoms with van der Waals surface area (Å²) in [6.07, 6.45) is -8.95. The molecule has 10 N–H and O–H groups in total. The van der Waals surface area contributed by atoms with Crippen LogP contribution in [0.2, 0.25) is 0 Å². The number of aromatic amines is 1. The number of nitrogens with zero attached hydrogens (tertiary/aromatic N) is 9. The summed E-state index contributed by atoms with van der Waals surface area (Å²) >= 11 is 0. The lowest BCUT2D eigenvalue weighted by Gasteiger charge is -2.26. The lowest BCUT2D eigenvalue weighted by Crippen LogP contribution is -2.43. The standard InChI is InChI=1S/C29H34N12O12/c30-22-14-24(34-6-32-22)40(8-36-14)26-17(45)16(44)11(52-26)4-49-21-12(53-28(19(21)47)41-9-37-15-23(31)33-7-35-25(15)41)5-50-20-10(3-42)51-27(18(20)46)39-2-1-13(43)38-29(39)48/h1-2,6-12,16-21,26-28,42,44-47H,3-5H2,(H2,30,32,34)(H2,31,33,35)(H,38,43,48)/t10-,11-,12-,16-,17-,18-,19-,20-,21-,26-,27-,28-/m1/s1. The number of nitrogen functional groups attached to an aromatic ring is 2. The summed E-state index contributed by atoms with van der Waals surface area (Å²) in [6.45, 7) is -1.34. The highest BCUT2D eigenvalue weighted by molar-refractivity contribution is 5.81. The van der Waals surface area contributed by atoms with Crippen molar-refractivity contribution >= 4 is 34.0 Å². The van der Waals surface area contributed by atoms with E-state index in [1.807, 2.05) is 0 Å². The summed E-state index contributed by atoms with van der Waals surface area (Å²) < 4.78 is 33.9. The predicted molar refractivity (Wildman–Crippen MR) is 173 cm³/mol. The molecule has 53 heavy (non-hydrogen) atoms. The molecule has 0 unspecified atom stereocenters. The Labute approximate surface area is 295 Å². The summed E-state index contributed by atoms with van der Waals surface area (Å²) in [4.78, 5) is 50.7. The minimum Gasteiger partial charge on any atom is -0.394 e. The Kier molecular flexibility index (Phi) is 9.09. The molecule has 12 atom stereocenters. The summed E-state index contributed by atoms with van der Waals surface area (Å²) in [6, 6.07) is 1.07. The number of nitrogens with one attached hydrogen (secondary N) is 1. The molecular weight excluding hydrogens is 708 g/mol. The number of imidazole rings is 2. The average molecular weight is 743 g/mol. The van der Waals surface area contributed by atoms with Crippen molar-refractivity contribution in [3.63, 3.8) is 0 Å². The molecule has 0 saturated carbocycles. The van der Waals surface area contributed by atoms with E-state index in [0.29, 0.717) is 0 Å². The third-order valence-corrected chi connectivity index (χ3v) is 9.49. The van der Waals surface area contributed by atoms with Gasteiger partial charge in [0.15, 0.2) is 41.6 Å². The Morgan fingerprint density at radius 1 is 0.679 bits per heavy atom. The molecule has 3 aliphatic rings. The van der Waals surface area contributed by atoms with Gasteiger partial charge in [-0.3, -0.25) is 23.5 Å². The predicted octanol–water partition coefficient (Wildman–Crippen LogP) is -4.72. The van der Waals surface area contributed by atoms with Gasteiger partial charge in [-0.1, -0.05) is 0 Å². The van der Waals surface area contributed by atoms with Crippen LogP contribution in [-0.2, 0) is 23.7 Å². The van der Waals surface area contributed by atoms with Crippen LogP contribution in [0, 0.1) is 0 Å². The molecule has 0 spiro atoms. The van der Waals surface area contributed by atoms with Gasteiger partial charge in [0.25, 0.3) is 5.56 Å². The van der Waals surface area contributed by atoms with E-state index in [9.17, 15) is 35.1 Å². The number of hydrogen-bond donors (Lipinski definition) is 8. The van der Waals surface area contributed by atoms with Crippen LogP contribution >= 0.6 is 0 Å². The first-order valence-electron chi connectivity index (χ1n) is 16.3. The number of fused-ring (bicyclic) bond motifs is 2. The van der Waals surface area contributed by atoms with Gasteiger partial charge in [0.05, 0.1) is 32.5 Å². The Morgan fingerprint density at radius 3 is 1.77 bits per heavy atom. The average Bonchev–Trinajstić information content (AvgIpc) is 3.95. The molecule has 3 aliphatic heterocycles. The van der Waals surface area contributed by atoms with Gasteiger partial charge in [0.1, 0.15) is 78.6 Å². The smallest absolute Gasteiger partial charge is 0.330 e. The molecule has 5 aromatic rings. The highest BCUT2D eigenvalue weighted by Crippen LogP contribution is 2.37. The van der Waals surface area contributed by atoms with Gasteiger partial charge in [0.2, 0.25) is 0 Å². The fraction of sp³-hybridized carbons (Fsp3) is 0.517. The number of aliphatic hydroxyl groups is 5. The summed E-state index contributed by atoms with van der Waals surface area (Å²) in [5.41, 5.74) is 11.4. The normalized spacial score (nSPS) is 33.1. The van der Waals surface area contributed by atoms with E-state index in [1.54, 1.807) is 0 Å². The van der Waals surface area contributed by atoms with Crippen LogP contribution in [0.15, 0.2) is 47.2 Å². The van der Waals surface area contributed by atoms with Crippen molar-refractivity contribution in [2.24, 2.45) is 0 Å². The SMILES string of the molecule is Nc1ncnc2c1ncn2[C@@H]1O[C@H](CO[C@H]2[C@@H](O)[C@H](n3cnc4c(N)ncnc43)O[C@@H]2CO[C@H]2[C@@H](O)[C@H](n3ccc(=O)[nH]c3=O)O[C@@H]2CO)[C@@H](O)[C@H]1O. The lowest BCUT2D eigenvalue weighted by molar-refractivity contribution is -0.131. The van der Waals surface area contributed by atoms with E-state index in [1.165, 1.54) is 34.4 Å².